The van der Waals surface area contributed by atoms with Crippen molar-refractivity contribution in [2.45, 2.75) is 6.92 Å². The van der Waals surface area contributed by atoms with Gasteiger partial charge in [0.25, 0.3) is 5.91 Å². The molecule has 1 N–H and O–H groups in total. The van der Waals surface area contributed by atoms with Gasteiger partial charge >= 0.3 is 0 Å². The van der Waals surface area contributed by atoms with Gasteiger partial charge in [-0.1, -0.05) is 6.07 Å². The molecule has 0 radical (unpaired) electrons. The molecule has 0 aliphatic carbocycles. The number of pyridine rings is 1. The number of aromatic nitrogens is 1. The van der Waals surface area contributed by atoms with Gasteiger partial charge in [0.05, 0.1) is 0 Å². The van der Waals surface area contributed by atoms with Crippen LogP contribution in [0.5, 0.6) is 5.75 Å². The highest BCUT2D eigenvalue weighted by molar-refractivity contribution is 5.90. The second-order valence-electron chi connectivity index (χ2n) is 4.01. The molecule has 1 aromatic heterocycles. The third-order valence-corrected chi connectivity index (χ3v) is 2.36. The average Bonchev–Trinajstić information content (AvgIpc) is 2.41. The number of carbonyl (C=O) groups is 1. The van der Waals surface area contributed by atoms with Crippen LogP contribution in [0.2, 0.25) is 0 Å². The van der Waals surface area contributed by atoms with Crippen molar-refractivity contribution in [1.82, 2.24) is 4.98 Å². The van der Waals surface area contributed by atoms with Gasteiger partial charge in [-0.05, 0) is 42.8 Å². The lowest BCUT2D eigenvalue weighted by molar-refractivity contribution is -0.118. The van der Waals surface area contributed by atoms with Gasteiger partial charge in [-0.2, -0.15) is 0 Å². The lowest BCUT2D eigenvalue weighted by Crippen LogP contribution is -2.20. The summed E-state index contributed by atoms with van der Waals surface area (Å²) in [6.45, 7) is 1.76. The fourth-order valence-corrected chi connectivity index (χ4v) is 1.40. The minimum absolute atomic E-state index is 0.152. The molecule has 2 aromatic rings. The van der Waals surface area contributed by atoms with Gasteiger partial charge in [-0.3, -0.25) is 4.79 Å². The first-order valence-electron chi connectivity index (χ1n) is 5.74. The fraction of sp³-hybridized carbons (Fsp3) is 0.143. The standard InChI is InChI=1S/C14H13FN2O2/c1-10-2-7-13(16-8-10)17-14(18)9-19-12-5-3-11(15)4-6-12/h2-8H,9H2,1H3,(H,16,17,18). The quantitative estimate of drug-likeness (QED) is 0.919. The first-order chi connectivity index (χ1) is 9.13. The number of halogens is 1. The van der Waals surface area contributed by atoms with Crippen LogP contribution in [-0.4, -0.2) is 17.5 Å². The Morgan fingerprint density at radius 2 is 2.00 bits per heavy atom. The largest absolute Gasteiger partial charge is 0.484 e. The number of anilines is 1. The molecule has 1 amide bonds. The second kappa shape index (κ2) is 5.95. The molecule has 0 unspecified atom stereocenters. The van der Waals surface area contributed by atoms with Crippen LogP contribution >= 0.6 is 0 Å². The van der Waals surface area contributed by atoms with Crippen molar-refractivity contribution < 1.29 is 13.9 Å². The number of aryl methyl sites for hydroxylation is 1. The van der Waals surface area contributed by atoms with Crippen molar-refractivity contribution in [2.75, 3.05) is 11.9 Å². The zero-order valence-corrected chi connectivity index (χ0v) is 10.4. The van der Waals surface area contributed by atoms with Crippen LogP contribution in [0.4, 0.5) is 10.2 Å². The maximum Gasteiger partial charge on any atom is 0.263 e. The Morgan fingerprint density at radius 1 is 1.26 bits per heavy atom. The molecule has 0 aliphatic heterocycles. The lowest BCUT2D eigenvalue weighted by Gasteiger charge is -2.07. The summed E-state index contributed by atoms with van der Waals surface area (Å²) in [7, 11) is 0. The van der Waals surface area contributed by atoms with Gasteiger partial charge in [0.15, 0.2) is 6.61 Å². The molecule has 98 valence electrons. The maximum absolute atomic E-state index is 12.7. The van der Waals surface area contributed by atoms with Gasteiger partial charge < -0.3 is 10.1 Å². The lowest BCUT2D eigenvalue weighted by atomic mass is 10.3. The minimum atomic E-state index is -0.347. The Kier molecular flexibility index (Phi) is 4.07. The molecule has 0 aliphatic rings. The van der Waals surface area contributed by atoms with E-state index in [0.29, 0.717) is 11.6 Å². The molecular formula is C14H13FN2O2. The van der Waals surface area contributed by atoms with E-state index in [0.717, 1.165) is 5.56 Å². The van der Waals surface area contributed by atoms with Gasteiger partial charge in [0, 0.05) is 6.20 Å². The van der Waals surface area contributed by atoms with Crippen LogP contribution in [-0.2, 0) is 4.79 Å². The van der Waals surface area contributed by atoms with E-state index in [-0.39, 0.29) is 18.3 Å². The Morgan fingerprint density at radius 3 is 2.63 bits per heavy atom. The van der Waals surface area contributed by atoms with Gasteiger partial charge in [0.1, 0.15) is 17.4 Å². The van der Waals surface area contributed by atoms with Crippen molar-refractivity contribution in [3.63, 3.8) is 0 Å². The fourth-order valence-electron chi connectivity index (χ4n) is 1.40. The summed E-state index contributed by atoms with van der Waals surface area (Å²) >= 11 is 0. The number of hydrogen-bond acceptors (Lipinski definition) is 3. The average molecular weight is 260 g/mol. The Balaban J connectivity index is 1.84. The first kappa shape index (κ1) is 13.0. The second-order valence-corrected chi connectivity index (χ2v) is 4.01. The summed E-state index contributed by atoms with van der Waals surface area (Å²) in [4.78, 5) is 15.6. The van der Waals surface area contributed by atoms with E-state index in [1.54, 1.807) is 12.3 Å². The zero-order chi connectivity index (χ0) is 13.7. The number of amides is 1. The Bertz CT molecular complexity index is 553. The van der Waals surface area contributed by atoms with Crippen molar-refractivity contribution in [3.05, 3.63) is 54.0 Å². The highest BCUT2D eigenvalue weighted by atomic mass is 19.1. The number of ether oxygens (including phenoxy) is 1. The van der Waals surface area contributed by atoms with E-state index < -0.39 is 0 Å². The summed E-state index contributed by atoms with van der Waals surface area (Å²) in [5.74, 6) is 0.244. The van der Waals surface area contributed by atoms with Crippen molar-refractivity contribution in [3.8, 4) is 5.75 Å². The predicted molar refractivity (Wildman–Crippen MR) is 69.5 cm³/mol. The molecule has 2 rings (SSSR count). The summed E-state index contributed by atoms with van der Waals surface area (Å²) in [5.41, 5.74) is 1.01. The van der Waals surface area contributed by atoms with Crippen LogP contribution in [0.15, 0.2) is 42.6 Å². The minimum Gasteiger partial charge on any atom is -0.484 e. The molecule has 0 bridgehead atoms. The molecule has 19 heavy (non-hydrogen) atoms. The zero-order valence-electron chi connectivity index (χ0n) is 10.4. The maximum atomic E-state index is 12.7. The molecule has 0 spiro atoms. The number of hydrogen-bond donors (Lipinski definition) is 1. The van der Waals surface area contributed by atoms with E-state index in [1.807, 2.05) is 13.0 Å². The molecule has 1 aromatic carbocycles. The van der Waals surface area contributed by atoms with Crippen molar-refractivity contribution >= 4 is 11.7 Å². The Labute approximate surface area is 110 Å². The highest BCUT2D eigenvalue weighted by Gasteiger charge is 2.04. The molecule has 0 atom stereocenters. The van der Waals surface area contributed by atoms with E-state index in [1.165, 1.54) is 24.3 Å². The summed E-state index contributed by atoms with van der Waals surface area (Å²) < 4.78 is 17.9. The third kappa shape index (κ3) is 4.06. The molecule has 0 fully saturated rings. The normalized spacial score (nSPS) is 10.0. The van der Waals surface area contributed by atoms with Crippen LogP contribution in [0.1, 0.15) is 5.56 Å². The van der Waals surface area contributed by atoms with E-state index in [9.17, 15) is 9.18 Å². The third-order valence-electron chi connectivity index (χ3n) is 2.36. The van der Waals surface area contributed by atoms with E-state index in [4.69, 9.17) is 4.74 Å². The number of nitrogens with one attached hydrogen (secondary N) is 1. The number of nitrogens with zero attached hydrogens (tertiary/aromatic N) is 1. The molecule has 0 saturated carbocycles. The topological polar surface area (TPSA) is 51.2 Å². The first-order valence-corrected chi connectivity index (χ1v) is 5.74. The SMILES string of the molecule is Cc1ccc(NC(=O)COc2ccc(F)cc2)nc1. The van der Waals surface area contributed by atoms with Crippen molar-refractivity contribution in [2.24, 2.45) is 0 Å². The monoisotopic (exact) mass is 260 g/mol. The van der Waals surface area contributed by atoms with E-state index in [2.05, 4.69) is 10.3 Å². The van der Waals surface area contributed by atoms with Crippen LogP contribution in [0.25, 0.3) is 0 Å². The number of benzene rings is 1. The van der Waals surface area contributed by atoms with Crippen molar-refractivity contribution in [1.29, 1.82) is 0 Å². The molecule has 0 saturated heterocycles. The summed E-state index contributed by atoms with van der Waals surface area (Å²) in [6.07, 6.45) is 1.66. The van der Waals surface area contributed by atoms with Crippen LogP contribution < -0.4 is 10.1 Å². The highest BCUT2D eigenvalue weighted by Crippen LogP contribution is 2.11. The van der Waals surface area contributed by atoms with Gasteiger partial charge in [0.2, 0.25) is 0 Å². The molecular weight excluding hydrogens is 247 g/mol. The summed E-state index contributed by atoms with van der Waals surface area (Å²) in [6, 6.07) is 9.04. The van der Waals surface area contributed by atoms with E-state index >= 15 is 0 Å². The van der Waals surface area contributed by atoms with Crippen LogP contribution in [0.3, 0.4) is 0 Å². The summed E-state index contributed by atoms with van der Waals surface area (Å²) in [5, 5.41) is 2.60. The van der Waals surface area contributed by atoms with Gasteiger partial charge in [-0.25, -0.2) is 9.37 Å². The Hall–Kier alpha value is -2.43. The van der Waals surface area contributed by atoms with Crippen LogP contribution in [0, 0.1) is 12.7 Å². The van der Waals surface area contributed by atoms with Gasteiger partial charge in [-0.15, -0.1) is 0 Å². The molecule has 1 heterocycles. The number of carbonyl (C=O) groups excluding carboxylic acids is 1. The molecule has 5 heteroatoms. The predicted octanol–water partition coefficient (Wildman–Crippen LogP) is 2.55. The number of rotatable bonds is 4. The molecule has 4 nitrogen and oxygen atoms in total. The smallest absolute Gasteiger partial charge is 0.263 e.